The first-order valence-corrected chi connectivity index (χ1v) is 5.71. The molecule has 0 aliphatic carbocycles. The molecule has 0 bridgehead atoms. The van der Waals surface area contributed by atoms with Crippen LogP contribution in [0.25, 0.3) is 0 Å². The molecule has 0 aromatic carbocycles. The lowest BCUT2D eigenvalue weighted by molar-refractivity contribution is -0.121. The van der Waals surface area contributed by atoms with Crippen LogP contribution in [0.2, 0.25) is 0 Å². The van der Waals surface area contributed by atoms with Crippen molar-refractivity contribution >= 4 is 12.0 Å². The number of nitrogens with one attached hydrogen (secondary N) is 2. The van der Waals surface area contributed by atoms with Gasteiger partial charge in [-0.25, -0.2) is 4.79 Å². The van der Waals surface area contributed by atoms with Gasteiger partial charge >= 0.3 is 6.09 Å². The topological polar surface area (TPSA) is 76.7 Å². The average Bonchev–Trinajstić information content (AvgIpc) is 2.64. The molecule has 0 spiro atoms. The number of rotatable bonds is 3. The Morgan fingerprint density at radius 3 is 2.65 bits per heavy atom. The summed E-state index contributed by atoms with van der Waals surface area (Å²) in [5, 5.41) is 5.16. The van der Waals surface area contributed by atoms with Crippen molar-refractivity contribution in [2.24, 2.45) is 0 Å². The van der Waals surface area contributed by atoms with Crippen molar-refractivity contribution in [1.29, 1.82) is 0 Å². The van der Waals surface area contributed by atoms with Crippen molar-refractivity contribution in [1.82, 2.24) is 10.6 Å². The first-order chi connectivity index (χ1) is 7.87. The minimum Gasteiger partial charge on any atom is -0.444 e. The van der Waals surface area contributed by atoms with E-state index in [0.717, 1.165) is 6.42 Å². The van der Waals surface area contributed by atoms with Gasteiger partial charge in [0.15, 0.2) is 0 Å². The van der Waals surface area contributed by atoms with E-state index in [1.54, 1.807) is 20.8 Å². The second kappa shape index (κ2) is 5.86. The quantitative estimate of drug-likeness (QED) is 0.754. The Balaban J connectivity index is 2.16. The normalized spacial score (nSPS) is 19.8. The maximum atomic E-state index is 11.4. The molecule has 1 aliphatic rings. The Bertz CT molecular complexity index is 280. The van der Waals surface area contributed by atoms with Crippen LogP contribution in [0.1, 0.15) is 27.2 Å². The summed E-state index contributed by atoms with van der Waals surface area (Å²) in [7, 11) is 0. The van der Waals surface area contributed by atoms with Gasteiger partial charge in [0.05, 0.1) is 12.6 Å². The van der Waals surface area contributed by atoms with Crippen LogP contribution in [0.3, 0.4) is 0 Å². The van der Waals surface area contributed by atoms with Crippen molar-refractivity contribution in [2.45, 2.75) is 38.8 Å². The zero-order valence-electron chi connectivity index (χ0n) is 10.5. The summed E-state index contributed by atoms with van der Waals surface area (Å²) in [6, 6.07) is 0.0583. The predicted octanol–water partition coefficient (Wildman–Crippen LogP) is 0.416. The summed E-state index contributed by atoms with van der Waals surface area (Å²) in [6.07, 6.45) is 0.230. The van der Waals surface area contributed by atoms with Crippen LogP contribution in [-0.2, 0) is 14.3 Å². The maximum Gasteiger partial charge on any atom is 0.408 e. The third kappa shape index (κ3) is 6.11. The number of carbonyl (C=O) groups excluding carboxylic acids is 2. The van der Waals surface area contributed by atoms with E-state index in [1.807, 2.05) is 0 Å². The smallest absolute Gasteiger partial charge is 0.408 e. The largest absolute Gasteiger partial charge is 0.444 e. The lowest BCUT2D eigenvalue weighted by Crippen LogP contribution is -2.43. The van der Waals surface area contributed by atoms with E-state index < -0.39 is 11.7 Å². The fourth-order valence-corrected chi connectivity index (χ4v) is 1.39. The number of hydrogen-bond acceptors (Lipinski definition) is 4. The lowest BCUT2D eigenvalue weighted by Gasteiger charge is -2.19. The molecule has 0 radical (unpaired) electrons. The van der Waals surface area contributed by atoms with E-state index in [-0.39, 0.29) is 18.5 Å². The summed E-state index contributed by atoms with van der Waals surface area (Å²) in [6.45, 7) is 6.43. The maximum absolute atomic E-state index is 11.4. The van der Waals surface area contributed by atoms with Crippen LogP contribution in [-0.4, -0.2) is 43.4 Å². The molecule has 6 nitrogen and oxygen atoms in total. The molecule has 1 rings (SSSR count). The molecular formula is C11H20N2O4. The van der Waals surface area contributed by atoms with E-state index in [2.05, 4.69) is 10.6 Å². The highest BCUT2D eigenvalue weighted by atomic mass is 16.6. The lowest BCUT2D eigenvalue weighted by atomic mass is 10.2. The van der Waals surface area contributed by atoms with Gasteiger partial charge in [0.2, 0.25) is 5.91 Å². The summed E-state index contributed by atoms with van der Waals surface area (Å²) < 4.78 is 10.1. The highest BCUT2D eigenvalue weighted by Gasteiger charge is 2.19. The van der Waals surface area contributed by atoms with Crippen LogP contribution in [0, 0.1) is 0 Å². The molecule has 1 unspecified atom stereocenters. The van der Waals surface area contributed by atoms with Crippen LogP contribution in [0.15, 0.2) is 0 Å². The SMILES string of the molecule is CC(C)(C)OC(=O)NCC(=O)NC1CCOC1. The molecule has 17 heavy (non-hydrogen) atoms. The Labute approximate surface area is 101 Å². The van der Waals surface area contributed by atoms with Crippen molar-refractivity contribution in [3.05, 3.63) is 0 Å². The zero-order chi connectivity index (χ0) is 12.9. The van der Waals surface area contributed by atoms with E-state index in [0.29, 0.717) is 13.2 Å². The molecule has 1 aliphatic heterocycles. The van der Waals surface area contributed by atoms with Crippen molar-refractivity contribution in [3.8, 4) is 0 Å². The fraction of sp³-hybridized carbons (Fsp3) is 0.818. The molecule has 6 heteroatoms. The Hall–Kier alpha value is -1.30. The number of carbonyl (C=O) groups is 2. The van der Waals surface area contributed by atoms with Crippen LogP contribution in [0.5, 0.6) is 0 Å². The molecule has 2 N–H and O–H groups in total. The second-order valence-corrected chi connectivity index (χ2v) is 4.98. The molecule has 1 saturated heterocycles. The standard InChI is InChI=1S/C11H20N2O4/c1-11(2,3)17-10(15)12-6-9(14)13-8-4-5-16-7-8/h8H,4-7H2,1-3H3,(H,12,15)(H,13,14). The molecule has 98 valence electrons. The summed E-state index contributed by atoms with van der Waals surface area (Å²) in [4.78, 5) is 22.7. The number of ether oxygens (including phenoxy) is 2. The highest BCUT2D eigenvalue weighted by molar-refractivity contribution is 5.82. The minimum atomic E-state index is -0.588. The van der Waals surface area contributed by atoms with Gasteiger partial charge in [-0.3, -0.25) is 4.79 Å². The fourth-order valence-electron chi connectivity index (χ4n) is 1.39. The molecule has 2 amide bonds. The average molecular weight is 244 g/mol. The van der Waals surface area contributed by atoms with Gasteiger partial charge in [0.25, 0.3) is 0 Å². The van der Waals surface area contributed by atoms with E-state index in [4.69, 9.17) is 9.47 Å². The van der Waals surface area contributed by atoms with Crippen molar-refractivity contribution < 1.29 is 19.1 Å². The monoisotopic (exact) mass is 244 g/mol. The molecule has 1 heterocycles. The number of amides is 2. The Morgan fingerprint density at radius 1 is 1.41 bits per heavy atom. The first-order valence-electron chi connectivity index (χ1n) is 5.71. The van der Waals surface area contributed by atoms with Gasteiger partial charge in [-0.1, -0.05) is 0 Å². The molecule has 1 fully saturated rings. The van der Waals surface area contributed by atoms with Crippen molar-refractivity contribution in [3.63, 3.8) is 0 Å². The molecule has 1 atom stereocenters. The van der Waals surface area contributed by atoms with E-state index in [1.165, 1.54) is 0 Å². The molecular weight excluding hydrogens is 224 g/mol. The Morgan fingerprint density at radius 2 is 2.12 bits per heavy atom. The van der Waals surface area contributed by atoms with Gasteiger partial charge in [0, 0.05) is 6.61 Å². The zero-order valence-corrected chi connectivity index (χ0v) is 10.5. The van der Waals surface area contributed by atoms with E-state index >= 15 is 0 Å². The third-order valence-corrected chi connectivity index (χ3v) is 2.09. The number of alkyl carbamates (subject to hydrolysis) is 1. The van der Waals surface area contributed by atoms with Gasteiger partial charge in [-0.15, -0.1) is 0 Å². The van der Waals surface area contributed by atoms with Crippen LogP contribution >= 0.6 is 0 Å². The van der Waals surface area contributed by atoms with Gasteiger partial charge in [-0.05, 0) is 27.2 Å². The third-order valence-electron chi connectivity index (χ3n) is 2.09. The minimum absolute atomic E-state index is 0.0583. The highest BCUT2D eigenvalue weighted by Crippen LogP contribution is 2.06. The second-order valence-electron chi connectivity index (χ2n) is 4.98. The molecule has 0 saturated carbocycles. The Kier molecular flexibility index (Phi) is 4.74. The van der Waals surface area contributed by atoms with E-state index in [9.17, 15) is 9.59 Å². The molecule has 0 aromatic heterocycles. The molecule has 0 aromatic rings. The van der Waals surface area contributed by atoms with Gasteiger partial charge in [-0.2, -0.15) is 0 Å². The van der Waals surface area contributed by atoms with Gasteiger partial charge < -0.3 is 20.1 Å². The number of hydrogen-bond donors (Lipinski definition) is 2. The summed E-state index contributed by atoms with van der Waals surface area (Å²) in [5.41, 5.74) is -0.556. The summed E-state index contributed by atoms with van der Waals surface area (Å²) in [5.74, 6) is -0.230. The van der Waals surface area contributed by atoms with Crippen LogP contribution in [0.4, 0.5) is 4.79 Å². The predicted molar refractivity (Wildman–Crippen MR) is 61.6 cm³/mol. The first kappa shape index (κ1) is 13.8. The van der Waals surface area contributed by atoms with Crippen LogP contribution < -0.4 is 10.6 Å². The summed E-state index contributed by atoms with van der Waals surface area (Å²) >= 11 is 0. The van der Waals surface area contributed by atoms with Gasteiger partial charge in [0.1, 0.15) is 12.1 Å². The van der Waals surface area contributed by atoms with Crippen molar-refractivity contribution in [2.75, 3.05) is 19.8 Å².